The van der Waals surface area contributed by atoms with Crippen molar-refractivity contribution in [3.8, 4) is 16.2 Å². The van der Waals surface area contributed by atoms with Crippen LogP contribution in [0.2, 0.25) is 0 Å². The van der Waals surface area contributed by atoms with Crippen LogP contribution in [-0.4, -0.2) is 62.3 Å². The molecule has 222 valence electrons. The Balaban J connectivity index is 0.000000559. The molecule has 40 heavy (non-hydrogen) atoms. The molecule has 0 radical (unpaired) electrons. The number of piperidine rings is 1. The predicted octanol–water partition coefficient (Wildman–Crippen LogP) is 4.31. The van der Waals surface area contributed by atoms with E-state index in [1.165, 1.54) is 18.4 Å². The van der Waals surface area contributed by atoms with E-state index in [-0.39, 0.29) is 28.8 Å². The van der Waals surface area contributed by atoms with E-state index in [9.17, 15) is 26.4 Å². The Hall–Kier alpha value is -2.75. The quantitative estimate of drug-likeness (QED) is 0.365. The number of rotatable bonds is 7. The van der Waals surface area contributed by atoms with E-state index < -0.39 is 22.2 Å². The number of methoxy groups -OCH3 is 1. The van der Waals surface area contributed by atoms with Crippen molar-refractivity contribution in [2.24, 2.45) is 5.92 Å². The minimum Gasteiger partial charge on any atom is -0.495 e. The molecule has 4 N–H and O–H groups in total. The SMILES string of the molecule is COc1ccc(-c2sc(NC(=O)C3CCCC3)nc2C)cc1S(=O)(=O)NC1CCNC(C)C1.O=C(O)C(F)(F)F. The number of anilines is 1. The first-order valence-electron chi connectivity index (χ1n) is 12.7. The Morgan fingerprint density at radius 1 is 1.20 bits per heavy atom. The summed E-state index contributed by atoms with van der Waals surface area (Å²) in [4.78, 5) is 26.8. The first-order valence-corrected chi connectivity index (χ1v) is 15.0. The summed E-state index contributed by atoms with van der Waals surface area (Å²) in [7, 11) is -2.31. The lowest BCUT2D eigenvalue weighted by Gasteiger charge is -2.28. The van der Waals surface area contributed by atoms with Crippen LogP contribution in [0.5, 0.6) is 5.75 Å². The fourth-order valence-electron chi connectivity index (χ4n) is 4.66. The normalized spacial score (nSPS) is 19.9. The highest BCUT2D eigenvalue weighted by molar-refractivity contribution is 7.89. The summed E-state index contributed by atoms with van der Waals surface area (Å²) in [5, 5.41) is 14.0. The molecular weight excluding hydrogens is 573 g/mol. The van der Waals surface area contributed by atoms with E-state index >= 15 is 0 Å². The number of halogens is 3. The monoisotopic (exact) mass is 606 g/mol. The van der Waals surface area contributed by atoms with Crippen LogP contribution in [-0.2, 0) is 19.6 Å². The first-order chi connectivity index (χ1) is 18.7. The molecule has 1 saturated heterocycles. The van der Waals surface area contributed by atoms with Gasteiger partial charge in [0.05, 0.1) is 17.7 Å². The van der Waals surface area contributed by atoms with Gasteiger partial charge in [-0.15, -0.1) is 0 Å². The van der Waals surface area contributed by atoms with Crippen LogP contribution >= 0.6 is 11.3 Å². The Labute approximate surface area is 234 Å². The second kappa shape index (κ2) is 13.3. The highest BCUT2D eigenvalue weighted by Crippen LogP contribution is 2.37. The molecule has 0 spiro atoms. The standard InChI is InChI=1S/C23H32N4O4S2.C2HF3O2/c1-14-12-18(10-11-24-14)27-33(29,30)20-13-17(8-9-19(20)31-3)21-15(2)25-23(32-21)26-22(28)16-6-4-5-7-16;3-2(4,5)1(6)7/h8-9,13-14,16,18,24,27H,4-7,10-12H2,1-3H3,(H,25,26,28);(H,6,7). The van der Waals surface area contributed by atoms with Crippen molar-refractivity contribution >= 4 is 38.4 Å². The largest absolute Gasteiger partial charge is 0.495 e. The number of amides is 1. The van der Waals surface area contributed by atoms with E-state index in [1.54, 1.807) is 12.1 Å². The number of aliphatic carboxylic acids is 1. The number of alkyl halides is 3. The van der Waals surface area contributed by atoms with Crippen molar-refractivity contribution in [1.82, 2.24) is 15.0 Å². The van der Waals surface area contributed by atoms with E-state index in [0.717, 1.165) is 61.2 Å². The van der Waals surface area contributed by atoms with Crippen molar-refractivity contribution in [3.05, 3.63) is 23.9 Å². The van der Waals surface area contributed by atoms with Crippen LogP contribution in [0.1, 0.15) is 51.1 Å². The second-order valence-electron chi connectivity index (χ2n) is 9.77. The lowest BCUT2D eigenvalue weighted by molar-refractivity contribution is -0.192. The zero-order chi connectivity index (χ0) is 29.7. The van der Waals surface area contributed by atoms with Gasteiger partial charge in [-0.3, -0.25) is 4.79 Å². The van der Waals surface area contributed by atoms with Crippen molar-refractivity contribution in [3.63, 3.8) is 0 Å². The van der Waals surface area contributed by atoms with Crippen LogP contribution in [0.15, 0.2) is 23.1 Å². The van der Waals surface area contributed by atoms with E-state index in [0.29, 0.717) is 10.9 Å². The molecule has 1 saturated carbocycles. The Morgan fingerprint density at radius 2 is 1.85 bits per heavy atom. The maximum atomic E-state index is 13.3. The Kier molecular flexibility index (Phi) is 10.5. The number of aryl methyl sites for hydroxylation is 1. The molecule has 2 fully saturated rings. The number of hydrogen-bond acceptors (Lipinski definition) is 8. The van der Waals surface area contributed by atoms with Crippen molar-refractivity contribution in [2.45, 2.75) is 75.5 Å². The molecule has 2 aliphatic rings. The zero-order valence-corrected chi connectivity index (χ0v) is 23.9. The maximum Gasteiger partial charge on any atom is 0.490 e. The smallest absolute Gasteiger partial charge is 0.490 e. The molecular formula is C25H33F3N4O6S2. The van der Waals surface area contributed by atoms with Gasteiger partial charge in [0, 0.05) is 18.0 Å². The number of carboxylic acids is 1. The average Bonchev–Trinajstić information content (AvgIpc) is 3.53. The molecule has 2 aromatic rings. The van der Waals surface area contributed by atoms with Gasteiger partial charge in [0.1, 0.15) is 10.6 Å². The molecule has 1 amide bonds. The third-order valence-electron chi connectivity index (χ3n) is 6.66. The highest BCUT2D eigenvalue weighted by atomic mass is 32.2. The molecule has 2 heterocycles. The van der Waals surface area contributed by atoms with E-state index in [2.05, 4.69) is 27.3 Å². The van der Waals surface area contributed by atoms with Gasteiger partial charge in [0.2, 0.25) is 15.9 Å². The molecule has 1 aliphatic carbocycles. The summed E-state index contributed by atoms with van der Waals surface area (Å²) in [5.41, 5.74) is 1.47. The van der Waals surface area contributed by atoms with Gasteiger partial charge >= 0.3 is 12.1 Å². The Bertz CT molecular complexity index is 1310. The number of nitrogens with one attached hydrogen (secondary N) is 3. The van der Waals surface area contributed by atoms with Crippen LogP contribution in [0.3, 0.4) is 0 Å². The minimum atomic E-state index is -5.08. The maximum absolute atomic E-state index is 13.3. The summed E-state index contributed by atoms with van der Waals surface area (Å²) >= 11 is 1.36. The molecule has 1 aliphatic heterocycles. The number of benzene rings is 1. The highest BCUT2D eigenvalue weighted by Gasteiger charge is 2.38. The van der Waals surface area contributed by atoms with Crippen LogP contribution in [0, 0.1) is 12.8 Å². The minimum absolute atomic E-state index is 0.0196. The third-order valence-corrected chi connectivity index (χ3v) is 9.32. The molecule has 2 atom stereocenters. The zero-order valence-electron chi connectivity index (χ0n) is 22.3. The Morgan fingerprint density at radius 3 is 2.42 bits per heavy atom. The van der Waals surface area contributed by atoms with E-state index in [1.807, 2.05) is 13.0 Å². The van der Waals surface area contributed by atoms with Crippen molar-refractivity contribution in [2.75, 3.05) is 19.0 Å². The third kappa shape index (κ3) is 8.38. The molecule has 0 bridgehead atoms. The summed E-state index contributed by atoms with van der Waals surface area (Å²) in [5.74, 6) is -2.39. The van der Waals surface area contributed by atoms with E-state index in [4.69, 9.17) is 14.6 Å². The molecule has 15 heteroatoms. The number of aromatic nitrogens is 1. The van der Waals surface area contributed by atoms with Gasteiger partial charge in [-0.1, -0.05) is 24.2 Å². The number of carbonyl (C=O) groups excluding carboxylic acids is 1. The summed E-state index contributed by atoms with van der Waals surface area (Å²) in [6, 6.07) is 5.27. The number of carbonyl (C=O) groups is 2. The molecule has 1 aromatic heterocycles. The van der Waals surface area contributed by atoms with Crippen LogP contribution < -0.4 is 20.1 Å². The average molecular weight is 607 g/mol. The lowest BCUT2D eigenvalue weighted by Crippen LogP contribution is -2.46. The van der Waals surface area contributed by atoms with Gasteiger partial charge in [0.15, 0.2) is 5.13 Å². The molecule has 10 nitrogen and oxygen atoms in total. The number of thiazole rings is 1. The summed E-state index contributed by atoms with van der Waals surface area (Å²) in [6.45, 7) is 4.70. The second-order valence-corrected chi connectivity index (χ2v) is 12.5. The fraction of sp³-hybridized carbons (Fsp3) is 0.560. The van der Waals surface area contributed by atoms with Gasteiger partial charge in [-0.25, -0.2) is 22.9 Å². The van der Waals surface area contributed by atoms with Crippen molar-refractivity contribution < 1.29 is 41.0 Å². The van der Waals surface area contributed by atoms with Crippen LogP contribution in [0.25, 0.3) is 10.4 Å². The molecule has 4 rings (SSSR count). The van der Waals surface area contributed by atoms with Gasteiger partial charge in [-0.2, -0.15) is 13.2 Å². The topological polar surface area (TPSA) is 147 Å². The predicted molar refractivity (Wildman–Crippen MR) is 144 cm³/mol. The summed E-state index contributed by atoms with van der Waals surface area (Å²) < 4.78 is 66.5. The number of sulfonamides is 1. The number of ether oxygens (including phenoxy) is 1. The van der Waals surface area contributed by atoms with Gasteiger partial charge in [0.25, 0.3) is 0 Å². The fourth-order valence-corrected chi connectivity index (χ4v) is 7.11. The molecule has 2 unspecified atom stereocenters. The number of nitrogens with zero attached hydrogens (tertiary/aromatic N) is 1. The lowest BCUT2D eigenvalue weighted by atomic mass is 10.0. The van der Waals surface area contributed by atoms with Crippen molar-refractivity contribution in [1.29, 1.82) is 0 Å². The van der Waals surface area contributed by atoms with Gasteiger partial charge in [-0.05, 0) is 69.8 Å². The first kappa shape index (κ1) is 31.8. The van der Waals surface area contributed by atoms with Crippen LogP contribution in [0.4, 0.5) is 18.3 Å². The summed E-state index contributed by atoms with van der Waals surface area (Å²) in [6.07, 6.45) is 0.418. The number of carboxylic acid groups (broad SMARTS) is 1. The number of hydrogen-bond donors (Lipinski definition) is 4. The van der Waals surface area contributed by atoms with Gasteiger partial charge < -0.3 is 20.5 Å². The molecule has 1 aromatic carbocycles.